The molecular formula is C19H15ClN2O2S. The van der Waals surface area contributed by atoms with E-state index in [9.17, 15) is 8.42 Å². The lowest BCUT2D eigenvalue weighted by molar-refractivity contribution is 0.562. The van der Waals surface area contributed by atoms with E-state index < -0.39 is 16.2 Å². The zero-order valence-corrected chi connectivity index (χ0v) is 14.7. The summed E-state index contributed by atoms with van der Waals surface area (Å²) in [4.78, 5) is 0.268. The summed E-state index contributed by atoms with van der Waals surface area (Å²) in [7, 11) is -3.53. The number of rotatable bonds is 2. The standard InChI is InChI=1S/C19H15ClN2O2S/c20-16-11-9-14(10-12-16)13-5-7-15(8-6-13)19-21-17-3-1-2-4-18(17)25(23,24)22-19/h1-12,19,21-22H. The lowest BCUT2D eigenvalue weighted by atomic mass is 10.0. The van der Waals surface area contributed by atoms with Gasteiger partial charge in [-0.15, -0.1) is 0 Å². The highest BCUT2D eigenvalue weighted by Gasteiger charge is 2.29. The minimum atomic E-state index is -3.53. The number of sulfonamides is 1. The first kappa shape index (κ1) is 16.1. The van der Waals surface area contributed by atoms with Crippen molar-refractivity contribution in [1.29, 1.82) is 0 Å². The summed E-state index contributed by atoms with van der Waals surface area (Å²) >= 11 is 5.92. The first-order valence-corrected chi connectivity index (χ1v) is 9.63. The van der Waals surface area contributed by atoms with Crippen LogP contribution in [0.2, 0.25) is 5.02 Å². The van der Waals surface area contributed by atoms with Gasteiger partial charge in [-0.25, -0.2) is 8.42 Å². The van der Waals surface area contributed by atoms with Crippen molar-refractivity contribution >= 4 is 27.3 Å². The van der Waals surface area contributed by atoms with Gasteiger partial charge in [-0.1, -0.05) is 60.1 Å². The topological polar surface area (TPSA) is 58.2 Å². The van der Waals surface area contributed by atoms with Crippen molar-refractivity contribution in [2.75, 3.05) is 5.32 Å². The molecule has 1 atom stereocenters. The SMILES string of the molecule is O=S1(=O)NC(c2ccc(-c3ccc(Cl)cc3)cc2)Nc2ccccc21. The van der Waals surface area contributed by atoms with E-state index in [1.54, 1.807) is 18.2 Å². The molecule has 6 heteroatoms. The molecule has 4 nitrogen and oxygen atoms in total. The van der Waals surface area contributed by atoms with E-state index in [2.05, 4.69) is 10.0 Å². The van der Waals surface area contributed by atoms with Gasteiger partial charge in [-0.3, -0.25) is 0 Å². The van der Waals surface area contributed by atoms with Crippen LogP contribution in [-0.2, 0) is 10.0 Å². The number of fused-ring (bicyclic) bond motifs is 1. The second-order valence-electron chi connectivity index (χ2n) is 5.82. The van der Waals surface area contributed by atoms with Gasteiger partial charge in [0.05, 0.1) is 5.69 Å². The summed E-state index contributed by atoms with van der Waals surface area (Å²) in [6.07, 6.45) is -0.501. The summed E-state index contributed by atoms with van der Waals surface area (Å²) in [5, 5.41) is 3.92. The molecule has 0 bridgehead atoms. The van der Waals surface area contributed by atoms with Gasteiger partial charge >= 0.3 is 0 Å². The van der Waals surface area contributed by atoms with E-state index in [0.29, 0.717) is 10.7 Å². The number of nitrogens with one attached hydrogen (secondary N) is 2. The number of benzene rings is 3. The second-order valence-corrected chi connectivity index (χ2v) is 7.94. The Morgan fingerprint density at radius 3 is 2.08 bits per heavy atom. The third kappa shape index (κ3) is 3.14. The Labute approximate surface area is 151 Å². The van der Waals surface area contributed by atoms with Crippen LogP contribution in [0.25, 0.3) is 11.1 Å². The van der Waals surface area contributed by atoms with Crippen LogP contribution in [0, 0.1) is 0 Å². The normalized spacial score (nSPS) is 18.2. The first-order chi connectivity index (χ1) is 12.0. The molecular weight excluding hydrogens is 356 g/mol. The summed E-state index contributed by atoms with van der Waals surface area (Å²) < 4.78 is 27.5. The number of para-hydroxylation sites is 1. The van der Waals surface area contributed by atoms with Crippen molar-refractivity contribution in [1.82, 2.24) is 4.72 Å². The van der Waals surface area contributed by atoms with E-state index in [-0.39, 0.29) is 4.90 Å². The lowest BCUT2D eigenvalue weighted by Crippen LogP contribution is -2.38. The molecule has 0 aromatic heterocycles. The number of hydrogen-bond acceptors (Lipinski definition) is 3. The van der Waals surface area contributed by atoms with Crippen LogP contribution in [0.4, 0.5) is 5.69 Å². The van der Waals surface area contributed by atoms with Crippen molar-refractivity contribution in [3.8, 4) is 11.1 Å². The largest absolute Gasteiger partial charge is 0.364 e. The summed E-state index contributed by atoms with van der Waals surface area (Å²) in [6.45, 7) is 0. The predicted molar refractivity (Wildman–Crippen MR) is 100 cm³/mol. The molecule has 0 radical (unpaired) electrons. The van der Waals surface area contributed by atoms with Gasteiger partial charge in [0, 0.05) is 5.02 Å². The van der Waals surface area contributed by atoms with Crippen LogP contribution in [0.15, 0.2) is 77.7 Å². The van der Waals surface area contributed by atoms with E-state index in [1.807, 2.05) is 54.6 Å². The Morgan fingerprint density at radius 1 is 0.800 bits per heavy atom. The summed E-state index contributed by atoms with van der Waals surface area (Å²) in [5.74, 6) is 0. The molecule has 0 fully saturated rings. The quantitative estimate of drug-likeness (QED) is 0.702. The van der Waals surface area contributed by atoms with Crippen LogP contribution >= 0.6 is 11.6 Å². The Kier molecular flexibility index (Phi) is 4.00. The lowest BCUT2D eigenvalue weighted by Gasteiger charge is -2.28. The average molecular weight is 371 g/mol. The molecule has 1 unspecified atom stereocenters. The van der Waals surface area contributed by atoms with Gasteiger partial charge in [0.25, 0.3) is 0 Å². The number of hydrogen-bond donors (Lipinski definition) is 2. The predicted octanol–water partition coefficient (Wildman–Crippen LogP) is 4.41. The minimum Gasteiger partial charge on any atom is -0.364 e. The van der Waals surface area contributed by atoms with Crippen LogP contribution in [-0.4, -0.2) is 8.42 Å². The molecule has 25 heavy (non-hydrogen) atoms. The second kappa shape index (κ2) is 6.19. The third-order valence-electron chi connectivity index (χ3n) is 4.17. The molecule has 3 aromatic carbocycles. The Balaban J connectivity index is 1.64. The Morgan fingerprint density at radius 2 is 1.40 bits per heavy atom. The molecule has 0 saturated carbocycles. The number of halogens is 1. The molecule has 3 aromatic rings. The number of anilines is 1. The molecule has 1 aliphatic heterocycles. The van der Waals surface area contributed by atoms with E-state index in [1.165, 1.54) is 0 Å². The van der Waals surface area contributed by atoms with Crippen molar-refractivity contribution in [2.45, 2.75) is 11.1 Å². The van der Waals surface area contributed by atoms with Gasteiger partial charge in [-0.05, 0) is 41.0 Å². The zero-order valence-electron chi connectivity index (χ0n) is 13.1. The van der Waals surface area contributed by atoms with Crippen molar-refractivity contribution in [3.05, 3.63) is 83.4 Å². The minimum absolute atomic E-state index is 0.268. The summed E-state index contributed by atoms with van der Waals surface area (Å²) in [6, 6.07) is 22.2. The summed E-state index contributed by atoms with van der Waals surface area (Å²) in [5.41, 5.74) is 3.54. The highest BCUT2D eigenvalue weighted by Crippen LogP contribution is 2.31. The monoisotopic (exact) mass is 370 g/mol. The van der Waals surface area contributed by atoms with E-state index in [4.69, 9.17) is 11.6 Å². The maximum Gasteiger partial charge on any atom is 0.244 e. The fraction of sp³-hybridized carbons (Fsp3) is 0.0526. The molecule has 0 aliphatic carbocycles. The average Bonchev–Trinajstić information content (AvgIpc) is 2.62. The molecule has 4 rings (SSSR count). The smallest absolute Gasteiger partial charge is 0.244 e. The molecule has 0 spiro atoms. The van der Waals surface area contributed by atoms with Crippen LogP contribution in [0.3, 0.4) is 0 Å². The van der Waals surface area contributed by atoms with Crippen molar-refractivity contribution in [2.24, 2.45) is 0 Å². The molecule has 0 saturated heterocycles. The van der Waals surface area contributed by atoms with Crippen LogP contribution in [0.1, 0.15) is 11.7 Å². The molecule has 2 N–H and O–H groups in total. The third-order valence-corrected chi connectivity index (χ3v) is 5.90. The molecule has 1 aliphatic rings. The fourth-order valence-electron chi connectivity index (χ4n) is 2.89. The van der Waals surface area contributed by atoms with Gasteiger partial charge in [0.1, 0.15) is 11.1 Å². The highest BCUT2D eigenvalue weighted by atomic mass is 35.5. The Hall–Kier alpha value is -2.34. The fourth-order valence-corrected chi connectivity index (χ4v) is 4.32. The van der Waals surface area contributed by atoms with Crippen LogP contribution < -0.4 is 10.0 Å². The first-order valence-electron chi connectivity index (χ1n) is 7.77. The highest BCUT2D eigenvalue weighted by molar-refractivity contribution is 7.89. The maximum absolute atomic E-state index is 12.4. The van der Waals surface area contributed by atoms with Crippen LogP contribution in [0.5, 0.6) is 0 Å². The van der Waals surface area contributed by atoms with Gasteiger partial charge in [-0.2, -0.15) is 4.72 Å². The zero-order chi connectivity index (χ0) is 17.4. The maximum atomic E-state index is 12.4. The molecule has 0 amide bonds. The van der Waals surface area contributed by atoms with Gasteiger partial charge in [0.2, 0.25) is 10.0 Å². The van der Waals surface area contributed by atoms with Crippen molar-refractivity contribution < 1.29 is 8.42 Å². The molecule has 1 heterocycles. The molecule has 126 valence electrons. The van der Waals surface area contributed by atoms with E-state index >= 15 is 0 Å². The van der Waals surface area contributed by atoms with Crippen molar-refractivity contribution in [3.63, 3.8) is 0 Å². The van der Waals surface area contributed by atoms with Gasteiger partial charge < -0.3 is 5.32 Å². The van der Waals surface area contributed by atoms with E-state index in [0.717, 1.165) is 16.7 Å². The Bertz CT molecular complexity index is 1020. The van der Waals surface area contributed by atoms with Gasteiger partial charge in [0.15, 0.2) is 0 Å².